The second-order valence-electron chi connectivity index (χ2n) is 2.80. The van der Waals surface area contributed by atoms with Crippen LogP contribution < -0.4 is 5.73 Å². The van der Waals surface area contributed by atoms with Gasteiger partial charge in [0, 0.05) is 12.2 Å². The van der Waals surface area contributed by atoms with Crippen LogP contribution in [0, 0.1) is 0 Å². The minimum Gasteiger partial charge on any atom is -0.323 e. The zero-order valence-electron chi connectivity index (χ0n) is 7.13. The van der Waals surface area contributed by atoms with Crippen LogP contribution in [0.3, 0.4) is 0 Å². The van der Waals surface area contributed by atoms with E-state index in [4.69, 9.17) is 17.3 Å². The van der Waals surface area contributed by atoms with Crippen LogP contribution in [0.1, 0.15) is 31.5 Å². The Labute approximate surface area is 77.8 Å². The summed E-state index contributed by atoms with van der Waals surface area (Å²) in [7, 11) is 0. The van der Waals surface area contributed by atoms with Gasteiger partial charge in [0.2, 0.25) is 0 Å². The molecule has 0 spiro atoms. The summed E-state index contributed by atoms with van der Waals surface area (Å²) in [6.45, 7) is 2.11. The fraction of sp³-hybridized carbons (Fsp3) is 0.444. The summed E-state index contributed by atoms with van der Waals surface area (Å²) in [6.07, 6.45) is 3.67. The van der Waals surface area contributed by atoms with Crippen molar-refractivity contribution in [1.82, 2.24) is 4.98 Å². The van der Waals surface area contributed by atoms with Crippen LogP contribution >= 0.6 is 11.6 Å². The maximum atomic E-state index is 5.85. The summed E-state index contributed by atoms with van der Waals surface area (Å²) in [5.41, 5.74) is 6.77. The van der Waals surface area contributed by atoms with Crippen LogP contribution in [0.4, 0.5) is 0 Å². The molecule has 1 heterocycles. The predicted molar refractivity (Wildman–Crippen MR) is 51.1 cm³/mol. The van der Waals surface area contributed by atoms with Gasteiger partial charge in [-0.25, -0.2) is 0 Å². The third-order valence-corrected chi connectivity index (χ3v) is 1.95. The lowest BCUT2D eigenvalue weighted by molar-refractivity contribution is 0.622. The molecule has 0 aliphatic rings. The molecule has 0 amide bonds. The first-order valence-corrected chi connectivity index (χ1v) is 4.49. The zero-order chi connectivity index (χ0) is 8.97. The summed E-state index contributed by atoms with van der Waals surface area (Å²) in [6, 6.07) is 3.74. The maximum Gasteiger partial charge on any atom is 0.0589 e. The van der Waals surface area contributed by atoms with Crippen LogP contribution in [0.2, 0.25) is 5.02 Å². The van der Waals surface area contributed by atoms with Gasteiger partial charge in [-0.1, -0.05) is 24.9 Å². The van der Waals surface area contributed by atoms with Gasteiger partial charge in [-0.15, -0.1) is 0 Å². The van der Waals surface area contributed by atoms with Gasteiger partial charge in [0.05, 0.1) is 10.7 Å². The maximum absolute atomic E-state index is 5.85. The van der Waals surface area contributed by atoms with Crippen molar-refractivity contribution in [2.24, 2.45) is 5.73 Å². The van der Waals surface area contributed by atoms with E-state index >= 15 is 0 Å². The van der Waals surface area contributed by atoms with Crippen molar-refractivity contribution in [2.45, 2.75) is 25.8 Å². The highest BCUT2D eigenvalue weighted by atomic mass is 35.5. The van der Waals surface area contributed by atoms with E-state index in [9.17, 15) is 0 Å². The van der Waals surface area contributed by atoms with E-state index in [-0.39, 0.29) is 6.04 Å². The molecule has 0 aliphatic carbocycles. The van der Waals surface area contributed by atoms with Crippen molar-refractivity contribution >= 4 is 11.6 Å². The van der Waals surface area contributed by atoms with Crippen LogP contribution in [0.25, 0.3) is 0 Å². The highest BCUT2D eigenvalue weighted by Crippen LogP contribution is 2.14. The lowest BCUT2D eigenvalue weighted by Gasteiger charge is -2.08. The number of aromatic nitrogens is 1. The summed E-state index contributed by atoms with van der Waals surface area (Å²) < 4.78 is 0. The average molecular weight is 185 g/mol. The van der Waals surface area contributed by atoms with E-state index in [1.807, 2.05) is 12.1 Å². The number of rotatable bonds is 3. The first-order valence-electron chi connectivity index (χ1n) is 4.11. The molecule has 2 N–H and O–H groups in total. The molecule has 0 bridgehead atoms. The molecule has 1 aromatic rings. The Morgan fingerprint density at radius 1 is 1.58 bits per heavy atom. The van der Waals surface area contributed by atoms with Crippen molar-refractivity contribution in [3.8, 4) is 0 Å². The second-order valence-corrected chi connectivity index (χ2v) is 3.23. The summed E-state index contributed by atoms with van der Waals surface area (Å²) >= 11 is 5.69. The molecule has 2 nitrogen and oxygen atoms in total. The molecule has 0 radical (unpaired) electrons. The molecule has 0 aliphatic heterocycles. The van der Waals surface area contributed by atoms with Gasteiger partial charge in [0.15, 0.2) is 0 Å². The number of hydrogen-bond acceptors (Lipinski definition) is 2. The van der Waals surface area contributed by atoms with Gasteiger partial charge >= 0.3 is 0 Å². The van der Waals surface area contributed by atoms with Gasteiger partial charge in [0.25, 0.3) is 0 Å². The number of hydrogen-bond donors (Lipinski definition) is 1. The molecule has 0 fully saturated rings. The Kier molecular flexibility index (Phi) is 3.50. The van der Waals surface area contributed by atoms with Crippen molar-refractivity contribution in [3.63, 3.8) is 0 Å². The third-order valence-electron chi connectivity index (χ3n) is 1.73. The van der Waals surface area contributed by atoms with Crippen molar-refractivity contribution in [2.75, 3.05) is 0 Å². The lowest BCUT2D eigenvalue weighted by atomic mass is 10.1. The molecule has 1 atom stereocenters. The van der Waals surface area contributed by atoms with E-state index < -0.39 is 0 Å². The largest absolute Gasteiger partial charge is 0.323 e. The van der Waals surface area contributed by atoms with Gasteiger partial charge < -0.3 is 5.73 Å². The minimum absolute atomic E-state index is 0.0484. The third kappa shape index (κ3) is 2.47. The van der Waals surface area contributed by atoms with Crippen LogP contribution in [0.5, 0.6) is 0 Å². The molecule has 0 saturated heterocycles. The Balaban J connectivity index is 2.68. The second kappa shape index (κ2) is 4.43. The summed E-state index contributed by atoms with van der Waals surface area (Å²) in [5.74, 6) is 0. The van der Waals surface area contributed by atoms with E-state index in [0.717, 1.165) is 18.5 Å². The Hall–Kier alpha value is -0.600. The fourth-order valence-electron chi connectivity index (χ4n) is 1.07. The van der Waals surface area contributed by atoms with Crippen molar-refractivity contribution in [3.05, 3.63) is 29.0 Å². The highest BCUT2D eigenvalue weighted by molar-refractivity contribution is 6.30. The standard InChI is InChI=1S/C9H13ClN2/c1-2-3-8(11)9-5-4-7(10)6-12-9/h4-6,8H,2-3,11H2,1H3/t8-/m0/s1. The molecular formula is C9H13ClN2. The Morgan fingerprint density at radius 3 is 2.83 bits per heavy atom. The molecule has 0 unspecified atom stereocenters. The molecule has 0 saturated carbocycles. The quantitative estimate of drug-likeness (QED) is 0.784. The van der Waals surface area contributed by atoms with Crippen molar-refractivity contribution in [1.29, 1.82) is 0 Å². The van der Waals surface area contributed by atoms with E-state index in [2.05, 4.69) is 11.9 Å². The van der Waals surface area contributed by atoms with Gasteiger partial charge in [-0.3, -0.25) is 4.98 Å². The lowest BCUT2D eigenvalue weighted by Crippen LogP contribution is -2.11. The van der Waals surface area contributed by atoms with Crippen LogP contribution in [0.15, 0.2) is 18.3 Å². The molecule has 1 rings (SSSR count). The van der Waals surface area contributed by atoms with E-state index in [1.54, 1.807) is 6.20 Å². The SMILES string of the molecule is CCC[C@H](N)c1ccc(Cl)cn1. The molecule has 66 valence electrons. The molecule has 12 heavy (non-hydrogen) atoms. The van der Waals surface area contributed by atoms with Gasteiger partial charge in [-0.05, 0) is 18.6 Å². The van der Waals surface area contributed by atoms with Crippen LogP contribution in [-0.4, -0.2) is 4.98 Å². The first-order chi connectivity index (χ1) is 5.74. The number of nitrogens with two attached hydrogens (primary N) is 1. The molecule has 0 aromatic carbocycles. The Bertz CT molecular complexity index is 233. The highest BCUT2D eigenvalue weighted by Gasteiger charge is 2.04. The Morgan fingerprint density at radius 2 is 2.33 bits per heavy atom. The first kappa shape index (κ1) is 9.49. The summed E-state index contributed by atoms with van der Waals surface area (Å²) in [4.78, 5) is 4.14. The molecular weight excluding hydrogens is 172 g/mol. The van der Waals surface area contributed by atoms with Gasteiger partial charge in [-0.2, -0.15) is 0 Å². The molecule has 1 aromatic heterocycles. The minimum atomic E-state index is 0.0484. The number of pyridine rings is 1. The monoisotopic (exact) mass is 184 g/mol. The fourth-order valence-corrected chi connectivity index (χ4v) is 1.18. The predicted octanol–water partition coefficient (Wildman–Crippen LogP) is 2.53. The molecule has 3 heteroatoms. The smallest absolute Gasteiger partial charge is 0.0589 e. The average Bonchev–Trinajstić information content (AvgIpc) is 2.06. The van der Waals surface area contributed by atoms with Gasteiger partial charge in [0.1, 0.15) is 0 Å². The van der Waals surface area contributed by atoms with Crippen LogP contribution in [-0.2, 0) is 0 Å². The number of nitrogens with zero attached hydrogens (tertiary/aromatic N) is 1. The van der Waals surface area contributed by atoms with Crippen molar-refractivity contribution < 1.29 is 0 Å². The normalized spacial score (nSPS) is 12.9. The van der Waals surface area contributed by atoms with E-state index in [1.165, 1.54) is 0 Å². The van der Waals surface area contributed by atoms with E-state index in [0.29, 0.717) is 5.02 Å². The number of halogens is 1. The zero-order valence-corrected chi connectivity index (χ0v) is 7.88. The summed E-state index contributed by atoms with van der Waals surface area (Å²) in [5, 5.41) is 0.655. The topological polar surface area (TPSA) is 38.9 Å².